The van der Waals surface area contributed by atoms with Crippen molar-refractivity contribution in [3.05, 3.63) is 108 Å². The van der Waals surface area contributed by atoms with Gasteiger partial charge in [0.15, 0.2) is 0 Å². The van der Waals surface area contributed by atoms with Gasteiger partial charge in [-0.1, -0.05) is 24.3 Å². The predicted molar refractivity (Wildman–Crippen MR) is 238 cm³/mol. The number of hydrogen-bond donors (Lipinski definition) is 7. The van der Waals surface area contributed by atoms with E-state index >= 15 is 0 Å². The molecule has 340 valence electrons. The number of nitrogens with zero attached hydrogens (tertiary/aromatic N) is 8. The van der Waals surface area contributed by atoms with E-state index in [-0.39, 0.29) is 57.3 Å². The number of hydrogen-bond acceptors (Lipinski definition) is 19. The Morgan fingerprint density at radius 1 is 0.515 bits per heavy atom. The van der Waals surface area contributed by atoms with Crippen molar-refractivity contribution in [2.24, 2.45) is 20.5 Å². The number of azo groups is 2. The Morgan fingerprint density at radius 2 is 0.909 bits per heavy atom. The maximum absolute atomic E-state index is 12.2. The highest BCUT2D eigenvalue weighted by Gasteiger charge is 2.35. The number of aryl methyl sites for hydroxylation is 2. The molecule has 1 aliphatic rings. The van der Waals surface area contributed by atoms with Gasteiger partial charge in [-0.15, -0.1) is 0 Å². The lowest BCUT2D eigenvalue weighted by Gasteiger charge is -2.12. The fourth-order valence-corrected chi connectivity index (χ4v) is 9.58. The van der Waals surface area contributed by atoms with Gasteiger partial charge in [0.25, 0.3) is 40.5 Å². The number of nitrogens with one attached hydrogen (secondary N) is 2. The molecule has 0 amide bonds. The van der Waals surface area contributed by atoms with Crippen LogP contribution in [0, 0.1) is 13.8 Å². The van der Waals surface area contributed by atoms with Crippen molar-refractivity contribution >= 4 is 114 Å². The summed E-state index contributed by atoms with van der Waals surface area (Å²) in [5, 5.41) is 32.1. The monoisotopic (exact) mass is 976 g/mol. The van der Waals surface area contributed by atoms with Gasteiger partial charge in [0.1, 0.15) is 25.8 Å². The van der Waals surface area contributed by atoms with Gasteiger partial charge in [-0.25, -0.2) is 0 Å². The lowest BCUT2D eigenvalue weighted by atomic mass is 10.1. The van der Waals surface area contributed by atoms with E-state index in [1.165, 1.54) is 41.3 Å². The first-order valence-corrected chi connectivity index (χ1v) is 24.5. The van der Waals surface area contributed by atoms with Gasteiger partial charge in [-0.05, 0) is 97.8 Å². The molecule has 0 radical (unpaired) electrons. The quantitative estimate of drug-likeness (QED) is 0.0340. The minimum atomic E-state index is -4.87. The summed E-state index contributed by atoms with van der Waals surface area (Å²) < 4.78 is 136. The number of aliphatic hydroxyl groups is 1. The lowest BCUT2D eigenvalue weighted by Crippen LogP contribution is -2.10. The number of fused-ring (bicyclic) bond motifs is 2. The number of aromatic nitrogens is 3. The summed E-state index contributed by atoms with van der Waals surface area (Å²) in [6.45, 7) is 3.66. The highest BCUT2D eigenvalue weighted by molar-refractivity contribution is 7.87. The summed E-state index contributed by atoms with van der Waals surface area (Å²) in [6.07, 6.45) is -0.821. The van der Waals surface area contributed by atoms with Crippen molar-refractivity contribution in [3.63, 3.8) is 0 Å². The topological polar surface area (TPSA) is 353 Å². The van der Waals surface area contributed by atoms with Gasteiger partial charge >= 0.3 is 0 Å². The van der Waals surface area contributed by atoms with Crippen LogP contribution in [0.2, 0.25) is 0 Å². The largest absolute Gasteiger partial charge is 0.372 e. The van der Waals surface area contributed by atoms with E-state index in [4.69, 9.17) is 0 Å². The molecule has 1 fully saturated rings. The molecule has 0 spiro atoms. The summed E-state index contributed by atoms with van der Waals surface area (Å²) >= 11 is 0. The second-order valence-corrected chi connectivity index (χ2v) is 20.1. The van der Waals surface area contributed by atoms with Crippen molar-refractivity contribution in [2.75, 3.05) is 22.1 Å². The molecule has 1 unspecified atom stereocenters. The molecule has 0 bridgehead atoms. The second kappa shape index (κ2) is 16.8. The van der Waals surface area contributed by atoms with Gasteiger partial charge in [-0.2, -0.15) is 69.1 Å². The van der Waals surface area contributed by atoms with E-state index in [1.54, 1.807) is 50.2 Å². The van der Waals surface area contributed by atoms with Gasteiger partial charge < -0.3 is 20.6 Å². The van der Waals surface area contributed by atoms with Crippen molar-refractivity contribution in [1.29, 1.82) is 0 Å². The fraction of sp³-hybridized carbons (Fsp3) is 0.103. The number of benzene rings is 6. The molecule has 2 heterocycles. The molecule has 1 aromatic heterocycles. The Bertz CT molecular complexity index is 3480. The fourth-order valence-electron chi connectivity index (χ4n) is 6.73. The maximum atomic E-state index is 12.2. The van der Waals surface area contributed by atoms with Crippen LogP contribution in [0.1, 0.15) is 11.1 Å². The van der Waals surface area contributed by atoms with E-state index in [0.717, 1.165) is 24.3 Å². The van der Waals surface area contributed by atoms with Crippen LogP contribution in [0.4, 0.5) is 52.0 Å². The lowest BCUT2D eigenvalue weighted by molar-refractivity contribution is 0.283. The summed E-state index contributed by atoms with van der Waals surface area (Å²) in [5.41, 5.74) is 2.41. The molecule has 66 heavy (non-hydrogen) atoms. The smallest absolute Gasteiger partial charge is 0.295 e. The molecule has 0 aliphatic carbocycles. The van der Waals surface area contributed by atoms with Gasteiger partial charge in [0, 0.05) is 32.9 Å². The second-order valence-electron chi connectivity index (χ2n) is 14.6. The third-order valence-corrected chi connectivity index (χ3v) is 13.4. The van der Waals surface area contributed by atoms with Crippen LogP contribution in [0.25, 0.3) is 21.5 Å². The summed E-state index contributed by atoms with van der Waals surface area (Å²) in [4.78, 5) is 12.3. The van der Waals surface area contributed by atoms with Gasteiger partial charge in [0.2, 0.25) is 17.8 Å². The van der Waals surface area contributed by atoms with Gasteiger partial charge in [0.05, 0.1) is 29.3 Å². The van der Waals surface area contributed by atoms with Crippen LogP contribution >= 0.6 is 0 Å². The summed E-state index contributed by atoms with van der Waals surface area (Å²) in [7, 11) is -19.3. The van der Waals surface area contributed by atoms with Crippen LogP contribution in [-0.2, 0) is 40.5 Å². The zero-order chi connectivity index (χ0) is 47.5. The molecule has 8 rings (SSSR count). The highest BCUT2D eigenvalue weighted by Crippen LogP contribution is 2.37. The first-order chi connectivity index (χ1) is 30.9. The van der Waals surface area contributed by atoms with Crippen LogP contribution < -0.4 is 15.5 Å². The Balaban J connectivity index is 1.03. The third-order valence-electron chi connectivity index (χ3n) is 9.84. The van der Waals surface area contributed by atoms with E-state index < -0.39 is 66.3 Å². The Morgan fingerprint density at radius 3 is 1.26 bits per heavy atom. The third kappa shape index (κ3) is 9.83. The van der Waals surface area contributed by atoms with Crippen molar-refractivity contribution in [3.8, 4) is 0 Å². The molecular formula is C39H32N10O13S4. The number of anilines is 5. The van der Waals surface area contributed by atoms with Crippen molar-refractivity contribution in [2.45, 2.75) is 39.7 Å². The van der Waals surface area contributed by atoms with E-state index in [0.29, 0.717) is 33.9 Å². The Kier molecular flexibility index (Phi) is 11.6. The molecular weight excluding hydrogens is 945 g/mol. The minimum Gasteiger partial charge on any atom is -0.372 e. The molecule has 1 atom stereocenters. The Labute approximate surface area is 374 Å². The standard InChI is InChI=1S/C39H32N10O13S4/c1-20-13-22(9-11-30(20)47-45-24-15-28-26(34(17-24)65(57,58)59)5-3-7-32(28)63(51,52)53)40-37-42-38(44-39(43-37)49-19-36(49)50)41-23-10-12-31(21(2)14-23)48-46-25-16-29-27(35(18-25)66(60,61)62)6-4-8-33(29)64(54,55)56/h3-18,36,50H,19H2,1-2H3,(H,51,52,53)(H,54,55,56)(H,57,58,59)(H,60,61,62)(H2,40,41,42,43,44). The van der Waals surface area contributed by atoms with Crippen molar-refractivity contribution < 1.29 is 57.0 Å². The maximum Gasteiger partial charge on any atom is 0.295 e. The number of rotatable bonds is 13. The molecule has 6 aromatic carbocycles. The molecule has 27 heteroatoms. The van der Waals surface area contributed by atoms with E-state index in [1.807, 2.05) is 0 Å². The molecule has 0 saturated carbocycles. The van der Waals surface area contributed by atoms with Crippen LogP contribution in [0.15, 0.2) is 137 Å². The number of aliphatic hydroxyl groups excluding tert-OH is 1. The zero-order valence-electron chi connectivity index (χ0n) is 33.7. The molecule has 23 nitrogen and oxygen atoms in total. The summed E-state index contributed by atoms with van der Waals surface area (Å²) in [5.74, 6) is 0.274. The van der Waals surface area contributed by atoms with Crippen molar-refractivity contribution in [1.82, 2.24) is 15.0 Å². The Hall–Kier alpha value is -6.95. The molecule has 7 N–H and O–H groups in total. The first-order valence-electron chi connectivity index (χ1n) is 18.8. The van der Waals surface area contributed by atoms with Crippen LogP contribution in [0.3, 0.4) is 0 Å². The molecule has 1 aliphatic heterocycles. The highest BCUT2D eigenvalue weighted by atomic mass is 32.2. The van der Waals surface area contributed by atoms with E-state index in [2.05, 4.69) is 46.0 Å². The predicted octanol–water partition coefficient (Wildman–Crippen LogP) is 7.24. The summed E-state index contributed by atoms with van der Waals surface area (Å²) in [6, 6.07) is 21.2. The van der Waals surface area contributed by atoms with Gasteiger partial charge in [-0.3, -0.25) is 18.2 Å². The minimum absolute atomic E-state index is 0.0675. The number of β-amino-alcohol motifs (C(OH)–C–C–N with tert-alkyl or cyclic N) is 1. The zero-order valence-corrected chi connectivity index (χ0v) is 37.0. The van der Waals surface area contributed by atoms with Crippen LogP contribution in [0.5, 0.6) is 0 Å². The average Bonchev–Trinajstić information content (AvgIpc) is 3.96. The van der Waals surface area contributed by atoms with E-state index in [9.17, 15) is 57.0 Å². The van der Waals surface area contributed by atoms with Crippen LogP contribution in [-0.4, -0.2) is 84.7 Å². The molecule has 7 aromatic rings. The molecule has 1 saturated heterocycles. The first kappa shape index (κ1) is 45.6. The normalized spacial score (nSPS) is 14.7. The SMILES string of the molecule is Cc1cc(Nc2nc(Nc3ccc(N=Nc4cc(S(=O)(=O)O)c5cccc(S(=O)(=O)O)c5c4)c(C)c3)nc(N3CC3O)n2)ccc1N=Nc1cc(S(=O)(=O)O)c2cccc(S(=O)(=O)O)c2c1. The average molecular weight is 977 g/mol.